The van der Waals surface area contributed by atoms with Crippen molar-refractivity contribution >= 4 is 34.0 Å². The Balaban J connectivity index is 2.19. The van der Waals surface area contributed by atoms with Crippen molar-refractivity contribution in [3.63, 3.8) is 0 Å². The summed E-state index contributed by atoms with van der Waals surface area (Å²) in [4.78, 5) is 21.7. The molecular weight excluding hydrogens is 304 g/mol. The minimum atomic E-state index is -0.460. The maximum atomic E-state index is 12.5. The van der Waals surface area contributed by atoms with Crippen LogP contribution in [0, 0.1) is 0 Å². The van der Waals surface area contributed by atoms with Crippen molar-refractivity contribution in [2.45, 2.75) is 26.3 Å². The first-order chi connectivity index (χ1) is 11.7. The molecule has 0 aliphatic rings. The number of hydrogen-bond acceptors (Lipinski definition) is 5. The largest absolute Gasteiger partial charge is 0.462 e. The number of fused-ring (bicyclic) bond motifs is 2. The molecule has 0 spiro atoms. The van der Waals surface area contributed by atoms with Crippen molar-refractivity contribution in [2.24, 2.45) is 0 Å². The van der Waals surface area contributed by atoms with Crippen LogP contribution >= 0.6 is 0 Å². The van der Waals surface area contributed by atoms with Crippen molar-refractivity contribution < 1.29 is 9.53 Å². The van der Waals surface area contributed by atoms with E-state index in [4.69, 9.17) is 10.5 Å². The standard InChI is InChI=1S/C18H20N4O2/c1-3-5-11-24-18(23)14-15-17(22(10-4-2)16(14)19)21-13-9-7-6-8-12(13)20-15/h4,6-9H,2-3,5,10-11,19H2,1H3. The second-order valence-electron chi connectivity index (χ2n) is 5.53. The molecule has 0 saturated carbocycles. The van der Waals surface area contributed by atoms with E-state index < -0.39 is 5.97 Å². The van der Waals surface area contributed by atoms with Crippen LogP contribution in [0.1, 0.15) is 30.1 Å². The van der Waals surface area contributed by atoms with E-state index >= 15 is 0 Å². The lowest BCUT2D eigenvalue weighted by molar-refractivity contribution is 0.0503. The third-order valence-electron chi connectivity index (χ3n) is 3.84. The van der Waals surface area contributed by atoms with Gasteiger partial charge in [-0.15, -0.1) is 6.58 Å². The first-order valence-corrected chi connectivity index (χ1v) is 7.99. The van der Waals surface area contributed by atoms with Gasteiger partial charge in [-0.25, -0.2) is 14.8 Å². The second kappa shape index (κ2) is 6.70. The molecule has 6 nitrogen and oxygen atoms in total. The van der Waals surface area contributed by atoms with Gasteiger partial charge < -0.3 is 15.0 Å². The Bertz CT molecular complexity index is 914. The zero-order valence-electron chi connectivity index (χ0n) is 13.7. The molecule has 3 aromatic rings. The molecule has 0 radical (unpaired) electrons. The fraction of sp³-hybridized carbons (Fsp3) is 0.278. The smallest absolute Gasteiger partial charge is 0.344 e. The quantitative estimate of drug-likeness (QED) is 0.427. The summed E-state index contributed by atoms with van der Waals surface area (Å²) < 4.78 is 7.07. The monoisotopic (exact) mass is 324 g/mol. The Hall–Kier alpha value is -2.89. The van der Waals surface area contributed by atoms with Gasteiger partial charge in [0.15, 0.2) is 5.65 Å². The van der Waals surface area contributed by atoms with Crippen LogP contribution in [0.5, 0.6) is 0 Å². The van der Waals surface area contributed by atoms with E-state index in [1.54, 1.807) is 10.6 Å². The number of nitrogens with two attached hydrogens (primary N) is 1. The predicted octanol–water partition coefficient (Wildman–Crippen LogP) is 3.31. The summed E-state index contributed by atoms with van der Waals surface area (Å²) in [6, 6.07) is 7.51. The summed E-state index contributed by atoms with van der Waals surface area (Å²) in [6.07, 6.45) is 3.47. The van der Waals surface area contributed by atoms with Crippen molar-refractivity contribution in [1.82, 2.24) is 14.5 Å². The summed E-state index contributed by atoms with van der Waals surface area (Å²) in [5, 5.41) is 0. The molecule has 0 unspecified atom stereocenters. The van der Waals surface area contributed by atoms with Crippen molar-refractivity contribution in [1.29, 1.82) is 0 Å². The number of aromatic nitrogens is 3. The maximum absolute atomic E-state index is 12.5. The number of anilines is 1. The molecule has 24 heavy (non-hydrogen) atoms. The molecule has 0 bridgehead atoms. The molecule has 2 N–H and O–H groups in total. The SMILES string of the molecule is C=CCn1c(N)c(C(=O)OCCCC)c2nc3ccccc3nc21. The van der Waals surface area contributed by atoms with Crippen molar-refractivity contribution in [2.75, 3.05) is 12.3 Å². The number of benzene rings is 1. The highest BCUT2D eigenvalue weighted by Gasteiger charge is 2.24. The Labute approximate surface area is 139 Å². The van der Waals surface area contributed by atoms with Gasteiger partial charge in [0.25, 0.3) is 0 Å². The van der Waals surface area contributed by atoms with Crippen molar-refractivity contribution in [3.05, 3.63) is 42.5 Å². The highest BCUT2D eigenvalue weighted by molar-refractivity contribution is 6.08. The first-order valence-electron chi connectivity index (χ1n) is 7.99. The Morgan fingerprint density at radius 1 is 1.33 bits per heavy atom. The van der Waals surface area contributed by atoms with E-state index in [9.17, 15) is 4.79 Å². The molecule has 1 aromatic carbocycles. The minimum Gasteiger partial charge on any atom is -0.462 e. The van der Waals surface area contributed by atoms with E-state index in [2.05, 4.69) is 16.5 Å². The molecular formula is C18H20N4O2. The number of ether oxygens (including phenoxy) is 1. The molecule has 0 fully saturated rings. The number of nitrogen functional groups attached to an aromatic ring is 1. The number of carbonyl (C=O) groups excluding carboxylic acids is 1. The molecule has 124 valence electrons. The maximum Gasteiger partial charge on any atom is 0.344 e. The van der Waals surface area contributed by atoms with Crippen LogP contribution in [-0.4, -0.2) is 27.1 Å². The number of rotatable bonds is 6. The van der Waals surface area contributed by atoms with Crippen LogP contribution in [0.2, 0.25) is 0 Å². The third kappa shape index (κ3) is 2.71. The average molecular weight is 324 g/mol. The Kier molecular flexibility index (Phi) is 4.46. The summed E-state index contributed by atoms with van der Waals surface area (Å²) in [6.45, 7) is 6.58. The molecule has 0 aliphatic heterocycles. The number of nitrogens with zero attached hydrogens (tertiary/aromatic N) is 3. The summed E-state index contributed by atoms with van der Waals surface area (Å²) >= 11 is 0. The molecule has 0 aliphatic carbocycles. The van der Waals surface area contributed by atoms with Gasteiger partial charge in [0.1, 0.15) is 16.9 Å². The summed E-state index contributed by atoms with van der Waals surface area (Å²) in [5.41, 5.74) is 8.97. The lowest BCUT2D eigenvalue weighted by Crippen LogP contribution is -2.10. The summed E-state index contributed by atoms with van der Waals surface area (Å²) in [7, 11) is 0. The van der Waals surface area contributed by atoms with Gasteiger partial charge in [0.2, 0.25) is 0 Å². The van der Waals surface area contributed by atoms with Gasteiger partial charge >= 0.3 is 5.97 Å². The minimum absolute atomic E-state index is 0.279. The number of allylic oxidation sites excluding steroid dienone is 1. The number of hydrogen-bond donors (Lipinski definition) is 1. The fourth-order valence-electron chi connectivity index (χ4n) is 2.61. The normalized spacial score (nSPS) is 11.0. The molecule has 0 amide bonds. The van der Waals surface area contributed by atoms with Crippen LogP contribution in [0.3, 0.4) is 0 Å². The Morgan fingerprint density at radius 2 is 2.04 bits per heavy atom. The lowest BCUT2D eigenvalue weighted by Gasteiger charge is -2.05. The van der Waals surface area contributed by atoms with Crippen LogP contribution in [0.15, 0.2) is 36.9 Å². The molecule has 3 rings (SSSR count). The van der Waals surface area contributed by atoms with Gasteiger partial charge in [-0.1, -0.05) is 31.6 Å². The van der Waals surface area contributed by atoms with E-state index in [0.717, 1.165) is 18.4 Å². The van der Waals surface area contributed by atoms with Gasteiger partial charge in [-0.3, -0.25) is 0 Å². The molecule has 2 heterocycles. The number of esters is 1. The highest BCUT2D eigenvalue weighted by Crippen LogP contribution is 2.28. The second-order valence-corrected chi connectivity index (χ2v) is 5.53. The van der Waals surface area contributed by atoms with Crippen molar-refractivity contribution in [3.8, 4) is 0 Å². The third-order valence-corrected chi connectivity index (χ3v) is 3.84. The van der Waals surface area contributed by atoms with Gasteiger partial charge in [0, 0.05) is 6.54 Å². The van der Waals surface area contributed by atoms with Gasteiger partial charge in [-0.2, -0.15) is 0 Å². The molecule has 2 aromatic heterocycles. The molecule has 6 heteroatoms. The summed E-state index contributed by atoms with van der Waals surface area (Å²) in [5.74, 6) is -0.153. The topological polar surface area (TPSA) is 83.0 Å². The average Bonchev–Trinajstić information content (AvgIpc) is 2.85. The number of unbranched alkanes of at least 4 members (excludes halogenated alkanes) is 1. The first kappa shape index (κ1) is 16.0. The predicted molar refractivity (Wildman–Crippen MR) is 94.8 cm³/mol. The Morgan fingerprint density at radius 3 is 2.71 bits per heavy atom. The number of para-hydroxylation sites is 2. The van der Waals surface area contributed by atoms with Gasteiger partial charge in [0.05, 0.1) is 17.6 Å². The van der Waals surface area contributed by atoms with E-state index in [0.29, 0.717) is 35.7 Å². The van der Waals surface area contributed by atoms with Crippen LogP contribution in [-0.2, 0) is 11.3 Å². The van der Waals surface area contributed by atoms with E-state index in [-0.39, 0.29) is 5.56 Å². The van der Waals surface area contributed by atoms with E-state index in [1.807, 2.05) is 31.2 Å². The highest BCUT2D eigenvalue weighted by atomic mass is 16.5. The van der Waals surface area contributed by atoms with Gasteiger partial charge in [-0.05, 0) is 18.6 Å². The van der Waals surface area contributed by atoms with Crippen LogP contribution < -0.4 is 5.73 Å². The molecule has 0 saturated heterocycles. The lowest BCUT2D eigenvalue weighted by atomic mass is 10.2. The van der Waals surface area contributed by atoms with Crippen LogP contribution in [0.4, 0.5) is 5.82 Å². The zero-order chi connectivity index (χ0) is 17.1. The molecule has 0 atom stereocenters. The number of carbonyl (C=O) groups is 1. The fourth-order valence-corrected chi connectivity index (χ4v) is 2.61. The van der Waals surface area contributed by atoms with Crippen LogP contribution in [0.25, 0.3) is 22.2 Å². The van der Waals surface area contributed by atoms with E-state index in [1.165, 1.54) is 0 Å². The zero-order valence-corrected chi connectivity index (χ0v) is 13.7.